The Hall–Kier alpha value is -1.40. The van der Waals surface area contributed by atoms with Crippen molar-refractivity contribution in [2.75, 3.05) is 14.2 Å². The van der Waals surface area contributed by atoms with Crippen molar-refractivity contribution < 1.29 is 4.74 Å². The van der Waals surface area contributed by atoms with Crippen LogP contribution >= 0.6 is 11.3 Å². The number of methoxy groups -OCH3 is 1. The molecule has 2 aromatic heterocycles. The van der Waals surface area contributed by atoms with Gasteiger partial charge >= 0.3 is 0 Å². The molecule has 0 radical (unpaired) electrons. The number of thiazole rings is 1. The van der Waals surface area contributed by atoms with Gasteiger partial charge in [0.1, 0.15) is 5.69 Å². The summed E-state index contributed by atoms with van der Waals surface area (Å²) < 4.78 is 7.44. The van der Waals surface area contributed by atoms with Gasteiger partial charge in [-0.05, 0) is 27.8 Å². The zero-order chi connectivity index (χ0) is 14.0. The Kier molecular flexibility index (Phi) is 4.21. The molecule has 0 aliphatic rings. The molecule has 0 bridgehead atoms. The van der Waals surface area contributed by atoms with Gasteiger partial charge < -0.3 is 10.1 Å². The molecule has 0 aliphatic carbocycles. The van der Waals surface area contributed by atoms with E-state index in [1.807, 2.05) is 24.9 Å². The Balaban J connectivity index is 2.50. The van der Waals surface area contributed by atoms with Crippen LogP contribution in [0.2, 0.25) is 0 Å². The number of hydrogen-bond acceptors (Lipinski definition) is 5. The van der Waals surface area contributed by atoms with Crippen LogP contribution in [0.1, 0.15) is 41.5 Å². The minimum absolute atomic E-state index is 0.0473. The van der Waals surface area contributed by atoms with Crippen LogP contribution in [-0.2, 0) is 0 Å². The molecule has 0 aromatic carbocycles. The van der Waals surface area contributed by atoms with Crippen LogP contribution < -0.4 is 10.1 Å². The van der Waals surface area contributed by atoms with Gasteiger partial charge in [-0.15, -0.1) is 11.3 Å². The van der Waals surface area contributed by atoms with Gasteiger partial charge in [0.05, 0.1) is 24.4 Å². The summed E-state index contributed by atoms with van der Waals surface area (Å²) in [4.78, 5) is 5.50. The SMILES string of the molecule is CNC(c1cnc(C)s1)c1c(OC)cnn1C(C)C. The van der Waals surface area contributed by atoms with E-state index in [1.54, 1.807) is 24.6 Å². The zero-order valence-corrected chi connectivity index (χ0v) is 12.8. The molecular weight excluding hydrogens is 260 g/mol. The quantitative estimate of drug-likeness (QED) is 0.914. The minimum atomic E-state index is 0.0473. The van der Waals surface area contributed by atoms with Crippen LogP contribution in [0.15, 0.2) is 12.4 Å². The summed E-state index contributed by atoms with van der Waals surface area (Å²) in [6.07, 6.45) is 3.69. The first-order chi connectivity index (χ1) is 9.08. The largest absolute Gasteiger partial charge is 0.493 e. The molecule has 1 unspecified atom stereocenters. The molecule has 2 heterocycles. The maximum atomic E-state index is 5.45. The number of ether oxygens (including phenoxy) is 1. The van der Waals surface area contributed by atoms with Crippen molar-refractivity contribution in [2.45, 2.75) is 32.9 Å². The second-order valence-corrected chi connectivity index (χ2v) is 5.91. The topological polar surface area (TPSA) is 52.0 Å². The molecule has 104 valence electrons. The van der Waals surface area contributed by atoms with E-state index in [-0.39, 0.29) is 12.1 Å². The van der Waals surface area contributed by atoms with E-state index in [0.717, 1.165) is 16.5 Å². The Morgan fingerprint density at radius 3 is 2.58 bits per heavy atom. The van der Waals surface area contributed by atoms with Gasteiger partial charge in [-0.1, -0.05) is 0 Å². The third-order valence-corrected chi connectivity index (χ3v) is 3.97. The zero-order valence-electron chi connectivity index (χ0n) is 12.0. The van der Waals surface area contributed by atoms with Crippen LogP contribution in [0.4, 0.5) is 0 Å². The molecule has 2 rings (SSSR count). The summed E-state index contributed by atoms with van der Waals surface area (Å²) in [5, 5.41) is 8.82. The van der Waals surface area contributed by atoms with E-state index in [0.29, 0.717) is 0 Å². The number of rotatable bonds is 5. The number of aromatic nitrogens is 3. The normalized spacial score (nSPS) is 12.9. The fourth-order valence-corrected chi connectivity index (χ4v) is 3.02. The number of hydrogen-bond donors (Lipinski definition) is 1. The second kappa shape index (κ2) is 5.71. The fourth-order valence-electron chi connectivity index (χ4n) is 2.12. The number of nitrogens with one attached hydrogen (secondary N) is 1. The van der Waals surface area contributed by atoms with Gasteiger partial charge in [0.2, 0.25) is 0 Å². The average Bonchev–Trinajstić information content (AvgIpc) is 2.97. The monoisotopic (exact) mass is 280 g/mol. The summed E-state index contributed by atoms with van der Waals surface area (Å²) in [5.74, 6) is 0.805. The molecule has 2 aromatic rings. The highest BCUT2D eigenvalue weighted by molar-refractivity contribution is 7.11. The maximum Gasteiger partial charge on any atom is 0.161 e. The van der Waals surface area contributed by atoms with E-state index in [9.17, 15) is 0 Å². The Morgan fingerprint density at radius 2 is 2.11 bits per heavy atom. The number of nitrogens with zero attached hydrogens (tertiary/aromatic N) is 3. The van der Waals surface area contributed by atoms with Crippen LogP contribution in [0.3, 0.4) is 0 Å². The molecule has 0 aliphatic heterocycles. The predicted octanol–water partition coefficient (Wildman–Crippen LogP) is 2.55. The molecule has 0 amide bonds. The van der Waals surface area contributed by atoms with Crippen LogP contribution in [-0.4, -0.2) is 28.9 Å². The minimum Gasteiger partial charge on any atom is -0.493 e. The molecule has 0 fully saturated rings. The first-order valence-corrected chi connectivity index (χ1v) is 7.11. The van der Waals surface area contributed by atoms with Crippen molar-refractivity contribution in [1.29, 1.82) is 0 Å². The molecule has 19 heavy (non-hydrogen) atoms. The highest BCUT2D eigenvalue weighted by Crippen LogP contribution is 2.33. The standard InChI is InChI=1S/C13H20N4OS/c1-8(2)17-13(10(18-5)6-16-17)12(14-4)11-7-15-9(3)19-11/h6-8,12,14H,1-5H3. The van der Waals surface area contributed by atoms with Crippen molar-refractivity contribution in [2.24, 2.45) is 0 Å². The van der Waals surface area contributed by atoms with Crippen LogP contribution in [0.5, 0.6) is 5.75 Å². The molecule has 1 N–H and O–H groups in total. The lowest BCUT2D eigenvalue weighted by Gasteiger charge is -2.19. The molecule has 1 atom stereocenters. The van der Waals surface area contributed by atoms with Crippen LogP contribution in [0, 0.1) is 6.92 Å². The lowest BCUT2D eigenvalue weighted by Crippen LogP contribution is -2.22. The van der Waals surface area contributed by atoms with Crippen molar-refractivity contribution in [1.82, 2.24) is 20.1 Å². The van der Waals surface area contributed by atoms with E-state index < -0.39 is 0 Å². The molecular formula is C13H20N4OS. The van der Waals surface area contributed by atoms with Gasteiger partial charge in [-0.3, -0.25) is 4.68 Å². The van der Waals surface area contributed by atoms with Gasteiger partial charge in [-0.25, -0.2) is 4.98 Å². The first-order valence-electron chi connectivity index (χ1n) is 6.29. The molecule has 0 saturated heterocycles. The smallest absolute Gasteiger partial charge is 0.161 e. The lowest BCUT2D eigenvalue weighted by molar-refractivity contribution is 0.397. The summed E-state index contributed by atoms with van der Waals surface area (Å²) >= 11 is 1.69. The average molecular weight is 280 g/mol. The third-order valence-electron chi connectivity index (χ3n) is 2.99. The summed E-state index contributed by atoms with van der Waals surface area (Å²) in [7, 11) is 3.62. The molecule has 5 nitrogen and oxygen atoms in total. The van der Waals surface area contributed by atoms with E-state index in [2.05, 4.69) is 29.2 Å². The van der Waals surface area contributed by atoms with Crippen molar-refractivity contribution in [3.63, 3.8) is 0 Å². The van der Waals surface area contributed by atoms with Gasteiger partial charge in [0.25, 0.3) is 0 Å². The van der Waals surface area contributed by atoms with Crippen LogP contribution in [0.25, 0.3) is 0 Å². The molecule has 0 saturated carbocycles. The maximum absolute atomic E-state index is 5.45. The Bertz CT molecular complexity index is 547. The number of aryl methyl sites for hydroxylation is 1. The van der Waals surface area contributed by atoms with E-state index in [4.69, 9.17) is 4.74 Å². The van der Waals surface area contributed by atoms with E-state index in [1.165, 1.54) is 4.88 Å². The first kappa shape index (κ1) is 14.0. The third kappa shape index (κ3) is 2.64. The summed E-state index contributed by atoms with van der Waals surface area (Å²) in [6, 6.07) is 0.329. The highest BCUT2D eigenvalue weighted by Gasteiger charge is 2.25. The highest BCUT2D eigenvalue weighted by atomic mass is 32.1. The Morgan fingerprint density at radius 1 is 1.37 bits per heavy atom. The van der Waals surface area contributed by atoms with Crippen molar-refractivity contribution in [3.05, 3.63) is 28.0 Å². The molecule has 6 heteroatoms. The summed E-state index contributed by atoms with van der Waals surface area (Å²) in [5.41, 5.74) is 1.05. The lowest BCUT2D eigenvalue weighted by atomic mass is 10.1. The van der Waals surface area contributed by atoms with Crippen molar-refractivity contribution >= 4 is 11.3 Å². The fraction of sp³-hybridized carbons (Fsp3) is 0.538. The van der Waals surface area contributed by atoms with Gasteiger partial charge in [0.15, 0.2) is 5.75 Å². The van der Waals surface area contributed by atoms with Gasteiger partial charge in [0, 0.05) is 17.1 Å². The predicted molar refractivity (Wildman–Crippen MR) is 76.9 cm³/mol. The Labute approximate surface area is 117 Å². The second-order valence-electron chi connectivity index (χ2n) is 4.64. The van der Waals surface area contributed by atoms with Crippen molar-refractivity contribution in [3.8, 4) is 5.75 Å². The molecule has 0 spiro atoms. The van der Waals surface area contributed by atoms with E-state index >= 15 is 0 Å². The summed E-state index contributed by atoms with van der Waals surface area (Å²) in [6.45, 7) is 6.24. The van der Waals surface area contributed by atoms with Gasteiger partial charge in [-0.2, -0.15) is 5.10 Å².